The largest absolute Gasteiger partial charge is 0.360 e. The van der Waals surface area contributed by atoms with E-state index in [-0.39, 0.29) is 15.8 Å². The molecule has 1 aliphatic rings. The molecule has 0 bridgehead atoms. The van der Waals surface area contributed by atoms with E-state index in [1.807, 2.05) is 26.0 Å². The van der Waals surface area contributed by atoms with Crippen molar-refractivity contribution in [3.05, 3.63) is 81.2 Å². The third-order valence-electron chi connectivity index (χ3n) is 6.73. The van der Waals surface area contributed by atoms with Crippen LogP contribution in [0.15, 0.2) is 63.9 Å². The van der Waals surface area contributed by atoms with Crippen molar-refractivity contribution in [1.29, 1.82) is 0 Å². The van der Waals surface area contributed by atoms with E-state index in [2.05, 4.69) is 16.4 Å². The van der Waals surface area contributed by atoms with E-state index in [9.17, 15) is 18.0 Å². The molecule has 1 aliphatic carbocycles. The van der Waals surface area contributed by atoms with E-state index >= 15 is 0 Å². The van der Waals surface area contributed by atoms with Gasteiger partial charge in [0.1, 0.15) is 5.56 Å². The zero-order chi connectivity index (χ0) is 25.2. The van der Waals surface area contributed by atoms with E-state index < -0.39 is 21.4 Å². The van der Waals surface area contributed by atoms with Gasteiger partial charge in [0.05, 0.1) is 10.6 Å². The van der Waals surface area contributed by atoms with Gasteiger partial charge in [0.2, 0.25) is 5.43 Å². The fourth-order valence-corrected chi connectivity index (χ4v) is 5.52. The Morgan fingerprint density at radius 2 is 1.89 bits per heavy atom. The molecule has 0 atom stereocenters. The molecule has 0 fully saturated rings. The summed E-state index contributed by atoms with van der Waals surface area (Å²) in [5.41, 5.74) is 3.85. The van der Waals surface area contributed by atoms with Gasteiger partial charge in [-0.3, -0.25) is 13.9 Å². The number of carbonyl (C=O) groups is 1. The number of rotatable bonds is 7. The minimum atomic E-state index is -3.92. The number of sulfonamides is 1. The second-order valence-electron chi connectivity index (χ2n) is 9.09. The van der Waals surface area contributed by atoms with E-state index in [0.29, 0.717) is 17.7 Å². The van der Waals surface area contributed by atoms with Gasteiger partial charge in [0, 0.05) is 30.7 Å². The molecule has 0 unspecified atom stereocenters. The minimum absolute atomic E-state index is 0.0157. The summed E-state index contributed by atoms with van der Waals surface area (Å²) >= 11 is 0. The summed E-state index contributed by atoms with van der Waals surface area (Å²) in [4.78, 5) is 28.8. The number of aromatic nitrogens is 1. The summed E-state index contributed by atoms with van der Waals surface area (Å²) in [6.07, 6.45) is 8.90. The van der Waals surface area contributed by atoms with Crippen LogP contribution in [-0.4, -0.2) is 32.9 Å². The van der Waals surface area contributed by atoms with E-state index in [1.165, 1.54) is 48.1 Å². The van der Waals surface area contributed by atoms with Crippen LogP contribution in [0.2, 0.25) is 0 Å². The van der Waals surface area contributed by atoms with Gasteiger partial charge < -0.3 is 10.3 Å². The molecule has 0 saturated carbocycles. The van der Waals surface area contributed by atoms with E-state index in [0.717, 1.165) is 30.4 Å². The van der Waals surface area contributed by atoms with Crippen LogP contribution in [0.4, 0.5) is 5.69 Å². The molecule has 8 heteroatoms. The number of hydrogen-bond donors (Lipinski definition) is 2. The second kappa shape index (κ2) is 10.1. The highest BCUT2D eigenvalue weighted by molar-refractivity contribution is 7.92. The normalized spacial score (nSPS) is 14.0. The number of amides is 1. The Morgan fingerprint density at radius 1 is 1.09 bits per heavy atom. The Kier molecular flexibility index (Phi) is 7.12. The number of H-pyrrole nitrogens is 1. The lowest BCUT2D eigenvalue weighted by Gasteiger charge is -2.20. The molecule has 35 heavy (non-hydrogen) atoms. The number of anilines is 1. The van der Waals surface area contributed by atoms with Crippen molar-refractivity contribution in [3.8, 4) is 0 Å². The van der Waals surface area contributed by atoms with Gasteiger partial charge in [-0.1, -0.05) is 17.7 Å². The minimum Gasteiger partial charge on any atom is -0.360 e. The van der Waals surface area contributed by atoms with Crippen LogP contribution in [0.25, 0.3) is 10.9 Å². The van der Waals surface area contributed by atoms with Crippen LogP contribution in [0, 0.1) is 13.8 Å². The maximum absolute atomic E-state index is 13.3. The van der Waals surface area contributed by atoms with Gasteiger partial charge in [0.25, 0.3) is 15.9 Å². The van der Waals surface area contributed by atoms with Gasteiger partial charge in [-0.25, -0.2) is 8.42 Å². The molecule has 2 aromatic carbocycles. The summed E-state index contributed by atoms with van der Waals surface area (Å²) in [5.74, 6) is -0.468. The first-order valence-electron chi connectivity index (χ1n) is 11.9. The monoisotopic (exact) mass is 493 g/mol. The summed E-state index contributed by atoms with van der Waals surface area (Å²) < 4.78 is 27.8. The smallest absolute Gasteiger partial charge is 0.264 e. The molecule has 2 N–H and O–H groups in total. The average molecular weight is 494 g/mol. The molecule has 1 aromatic heterocycles. The van der Waals surface area contributed by atoms with Gasteiger partial charge in [-0.2, -0.15) is 0 Å². The molecular formula is C27H31N3O4S. The lowest BCUT2D eigenvalue weighted by Crippen LogP contribution is -2.30. The standard InChI is InChI=1S/C27H31N3O4S/c1-18-9-10-21(15-19(18)2)30(3)35(33,34)22-11-12-25-23(16-22)26(31)24(17-29-25)27(32)28-14-13-20-7-5-4-6-8-20/h7,9-12,15-17H,4-6,8,13-14H2,1-3H3,(H,28,32)(H,29,31). The maximum Gasteiger partial charge on any atom is 0.264 e. The zero-order valence-electron chi connectivity index (χ0n) is 20.3. The Bertz CT molecular complexity index is 1470. The van der Waals surface area contributed by atoms with Crippen LogP contribution in [0.5, 0.6) is 0 Å². The number of nitrogens with one attached hydrogen (secondary N) is 2. The predicted molar refractivity (Wildman–Crippen MR) is 140 cm³/mol. The second-order valence-corrected chi connectivity index (χ2v) is 11.1. The van der Waals surface area contributed by atoms with Crippen molar-refractivity contribution in [2.45, 2.75) is 50.8 Å². The number of aryl methyl sites for hydroxylation is 2. The number of nitrogens with zero attached hydrogens (tertiary/aromatic N) is 1. The lowest BCUT2D eigenvalue weighted by atomic mass is 9.97. The van der Waals surface area contributed by atoms with Crippen molar-refractivity contribution in [2.75, 3.05) is 17.9 Å². The zero-order valence-corrected chi connectivity index (χ0v) is 21.2. The van der Waals surface area contributed by atoms with Crippen LogP contribution in [0.1, 0.15) is 53.6 Å². The van der Waals surface area contributed by atoms with Crippen molar-refractivity contribution < 1.29 is 13.2 Å². The summed E-state index contributed by atoms with van der Waals surface area (Å²) in [5, 5.41) is 2.97. The van der Waals surface area contributed by atoms with Crippen molar-refractivity contribution in [3.63, 3.8) is 0 Å². The Hall–Kier alpha value is -3.39. The molecule has 0 spiro atoms. The van der Waals surface area contributed by atoms with Crippen molar-refractivity contribution >= 4 is 32.5 Å². The first-order chi connectivity index (χ1) is 16.7. The van der Waals surface area contributed by atoms with Crippen LogP contribution < -0.4 is 15.1 Å². The van der Waals surface area contributed by atoms with Gasteiger partial charge in [-0.15, -0.1) is 0 Å². The molecule has 1 heterocycles. The molecular weight excluding hydrogens is 462 g/mol. The third-order valence-corrected chi connectivity index (χ3v) is 8.51. The van der Waals surface area contributed by atoms with Crippen molar-refractivity contribution in [1.82, 2.24) is 10.3 Å². The molecule has 3 aromatic rings. The maximum atomic E-state index is 13.3. The third kappa shape index (κ3) is 5.17. The Morgan fingerprint density at radius 3 is 2.60 bits per heavy atom. The van der Waals surface area contributed by atoms with Crippen molar-refractivity contribution in [2.24, 2.45) is 0 Å². The number of pyridine rings is 1. The quantitative estimate of drug-likeness (QED) is 0.470. The number of carbonyl (C=O) groups excluding carboxylic acids is 1. The molecule has 0 radical (unpaired) electrons. The number of fused-ring (bicyclic) bond motifs is 1. The van der Waals surface area contributed by atoms with Gasteiger partial charge >= 0.3 is 0 Å². The molecule has 0 saturated heterocycles. The topological polar surface area (TPSA) is 99.3 Å². The molecule has 7 nitrogen and oxygen atoms in total. The fraction of sp³-hybridized carbons (Fsp3) is 0.333. The number of allylic oxidation sites excluding steroid dienone is 1. The number of aromatic amines is 1. The Labute approximate surface area is 205 Å². The van der Waals surface area contributed by atoms with Gasteiger partial charge in [0.15, 0.2) is 0 Å². The number of benzene rings is 2. The molecule has 0 aliphatic heterocycles. The highest BCUT2D eigenvalue weighted by atomic mass is 32.2. The Balaban J connectivity index is 1.59. The molecule has 4 rings (SSSR count). The predicted octanol–water partition coefficient (Wildman–Crippen LogP) is 4.59. The van der Waals surface area contributed by atoms with Gasteiger partial charge in [-0.05, 0) is 87.4 Å². The first-order valence-corrected chi connectivity index (χ1v) is 13.3. The summed E-state index contributed by atoms with van der Waals surface area (Å²) in [6.45, 7) is 4.34. The molecule has 1 amide bonds. The first kappa shape index (κ1) is 24.7. The highest BCUT2D eigenvalue weighted by Crippen LogP contribution is 2.25. The SMILES string of the molecule is Cc1ccc(N(C)S(=O)(=O)c2ccc3[nH]cc(C(=O)NCCC4=CCCCC4)c(=O)c3c2)cc1C. The van der Waals surface area contributed by atoms with Crippen LogP contribution in [0.3, 0.4) is 0 Å². The van der Waals surface area contributed by atoms with E-state index in [4.69, 9.17) is 0 Å². The van der Waals surface area contributed by atoms with Crippen LogP contribution in [-0.2, 0) is 10.0 Å². The number of hydrogen-bond acceptors (Lipinski definition) is 4. The average Bonchev–Trinajstić information content (AvgIpc) is 2.86. The summed E-state index contributed by atoms with van der Waals surface area (Å²) in [6, 6.07) is 9.78. The molecule has 184 valence electrons. The fourth-order valence-electron chi connectivity index (χ4n) is 4.31. The van der Waals surface area contributed by atoms with Crippen LogP contribution >= 0.6 is 0 Å². The van der Waals surface area contributed by atoms with E-state index in [1.54, 1.807) is 12.1 Å². The highest BCUT2D eigenvalue weighted by Gasteiger charge is 2.23. The summed E-state index contributed by atoms with van der Waals surface area (Å²) in [7, 11) is -2.43. The lowest BCUT2D eigenvalue weighted by molar-refractivity contribution is 0.0953.